The SMILES string of the molecule is CB(O)NC(Cc1ccc([N+](=O)[O-])cc1)CN1CCN(CB=O)CCN(B(C)O)CC1. The third kappa shape index (κ3) is 9.18. The Balaban J connectivity index is 2.08. The fourth-order valence-electron chi connectivity index (χ4n) is 3.87. The van der Waals surface area contributed by atoms with Crippen LogP contribution in [0.3, 0.4) is 0 Å². The molecule has 1 saturated heterocycles. The number of rotatable bonds is 10. The van der Waals surface area contributed by atoms with Crippen molar-refractivity contribution in [1.29, 1.82) is 0 Å². The molecule has 3 N–H and O–H groups in total. The molecule has 0 saturated carbocycles. The summed E-state index contributed by atoms with van der Waals surface area (Å²) in [5.41, 5.74) is 0.999. The zero-order valence-corrected chi connectivity index (χ0v) is 18.4. The standard InChI is InChI=1S/C18H32B3N5O5/c1-20(28)22-17(13-16-3-5-18(6-4-16)26(30)31)14-23-7-8-24(15-19-27)10-12-25(11-9-23)21(2)29/h3-6,17,22,28-29H,7-15H2,1-2H3. The van der Waals surface area contributed by atoms with E-state index in [2.05, 4.69) is 15.0 Å². The molecule has 0 bridgehead atoms. The number of nitro benzene ring substituents is 1. The van der Waals surface area contributed by atoms with E-state index in [-0.39, 0.29) is 11.7 Å². The second-order valence-corrected chi connectivity index (χ2v) is 8.10. The van der Waals surface area contributed by atoms with Crippen LogP contribution in [0.4, 0.5) is 5.69 Å². The minimum absolute atomic E-state index is 0.0530. The van der Waals surface area contributed by atoms with Gasteiger partial charge in [-0.05, 0) is 0 Å². The summed E-state index contributed by atoms with van der Waals surface area (Å²) in [6.45, 7) is 8.44. The van der Waals surface area contributed by atoms with Gasteiger partial charge in [-0.1, -0.05) is 0 Å². The van der Waals surface area contributed by atoms with Gasteiger partial charge in [0.2, 0.25) is 0 Å². The first kappa shape index (κ1) is 25.6. The topological polar surface area (TPSA) is 122 Å². The monoisotopic (exact) mass is 431 g/mol. The van der Waals surface area contributed by atoms with Crippen LogP contribution in [0.5, 0.6) is 0 Å². The van der Waals surface area contributed by atoms with E-state index in [1.54, 1.807) is 25.8 Å². The summed E-state index contributed by atoms with van der Waals surface area (Å²) < 4.78 is 11.0. The van der Waals surface area contributed by atoms with Crippen molar-refractivity contribution in [3.63, 3.8) is 0 Å². The molecule has 2 rings (SSSR count). The zero-order chi connectivity index (χ0) is 22.8. The maximum absolute atomic E-state index is 11.0. The molecule has 1 atom stereocenters. The van der Waals surface area contributed by atoms with Gasteiger partial charge >= 0.3 is 170 Å². The molecular weight excluding hydrogens is 399 g/mol. The fraction of sp³-hybridized carbons (Fsp3) is 0.667. The second-order valence-electron chi connectivity index (χ2n) is 8.10. The summed E-state index contributed by atoms with van der Waals surface area (Å²) in [4.78, 5) is 16.8. The number of hydrogen-bond acceptors (Lipinski definition) is 9. The molecule has 31 heavy (non-hydrogen) atoms. The molecule has 0 amide bonds. The Hall–Kier alpha value is -1.63. The van der Waals surface area contributed by atoms with Gasteiger partial charge in [0.1, 0.15) is 0 Å². The summed E-state index contributed by atoms with van der Waals surface area (Å²) in [6, 6.07) is 6.41. The number of nitrogens with zero attached hydrogens (tertiary/aromatic N) is 4. The van der Waals surface area contributed by atoms with Gasteiger partial charge in [0.15, 0.2) is 0 Å². The predicted molar refractivity (Wildman–Crippen MR) is 122 cm³/mol. The number of hydrogen-bond donors (Lipinski definition) is 3. The average molecular weight is 431 g/mol. The molecule has 0 aromatic heterocycles. The van der Waals surface area contributed by atoms with Crippen molar-refractivity contribution in [2.45, 2.75) is 26.1 Å². The van der Waals surface area contributed by atoms with Crippen molar-refractivity contribution in [2.75, 3.05) is 52.3 Å². The summed E-state index contributed by atoms with van der Waals surface area (Å²) in [5.74, 6) is 0. The first-order valence-electron chi connectivity index (χ1n) is 10.8. The summed E-state index contributed by atoms with van der Waals surface area (Å²) in [7, 11) is -0.355. The third-order valence-corrected chi connectivity index (χ3v) is 5.59. The number of nitro groups is 1. The van der Waals surface area contributed by atoms with Gasteiger partial charge in [0, 0.05) is 0 Å². The molecule has 1 aliphatic heterocycles. The van der Waals surface area contributed by atoms with E-state index in [0.717, 1.165) is 38.9 Å². The molecule has 1 aromatic rings. The van der Waals surface area contributed by atoms with E-state index >= 15 is 0 Å². The molecule has 0 aliphatic carbocycles. The van der Waals surface area contributed by atoms with E-state index in [9.17, 15) is 24.9 Å². The summed E-state index contributed by atoms with van der Waals surface area (Å²) in [6.07, 6.45) is 0.969. The van der Waals surface area contributed by atoms with Crippen LogP contribution in [0, 0.1) is 10.1 Å². The number of nitrogens with one attached hydrogen (secondary N) is 1. The maximum atomic E-state index is 11.0. The Bertz CT molecular complexity index is 698. The van der Waals surface area contributed by atoms with Gasteiger partial charge < -0.3 is 0 Å². The first-order valence-corrected chi connectivity index (χ1v) is 10.8. The molecule has 10 nitrogen and oxygen atoms in total. The van der Waals surface area contributed by atoms with E-state index in [0.29, 0.717) is 32.5 Å². The normalized spacial score (nSPS) is 17.8. The van der Waals surface area contributed by atoms with Crippen LogP contribution in [0.1, 0.15) is 5.56 Å². The zero-order valence-electron chi connectivity index (χ0n) is 18.4. The van der Waals surface area contributed by atoms with E-state index in [1.165, 1.54) is 12.1 Å². The van der Waals surface area contributed by atoms with E-state index in [1.807, 2.05) is 4.81 Å². The Morgan fingerprint density at radius 1 is 1.10 bits per heavy atom. The average Bonchev–Trinajstić information content (AvgIpc) is 2.79. The number of non-ortho nitro benzene ring substituents is 1. The molecule has 0 radical (unpaired) electrons. The van der Waals surface area contributed by atoms with Crippen molar-refractivity contribution in [1.82, 2.24) is 19.8 Å². The van der Waals surface area contributed by atoms with Gasteiger partial charge in [-0.2, -0.15) is 0 Å². The van der Waals surface area contributed by atoms with Crippen LogP contribution in [0.15, 0.2) is 24.3 Å². The van der Waals surface area contributed by atoms with E-state index in [4.69, 9.17) is 0 Å². The molecule has 168 valence electrons. The van der Waals surface area contributed by atoms with Crippen LogP contribution in [-0.2, 0) is 11.1 Å². The van der Waals surface area contributed by atoms with Crippen molar-refractivity contribution >= 4 is 26.9 Å². The molecule has 1 fully saturated rings. The van der Waals surface area contributed by atoms with Gasteiger partial charge in [-0.3, -0.25) is 10.1 Å². The quantitative estimate of drug-likeness (QED) is 0.250. The molecule has 1 heterocycles. The molecule has 1 aromatic carbocycles. The van der Waals surface area contributed by atoms with Crippen molar-refractivity contribution in [3.05, 3.63) is 39.9 Å². The van der Waals surface area contributed by atoms with Gasteiger partial charge in [0.05, 0.1) is 4.92 Å². The second kappa shape index (κ2) is 13.0. The van der Waals surface area contributed by atoms with Gasteiger partial charge in [0.25, 0.3) is 0 Å². The molecule has 1 aliphatic rings. The molecule has 13 heteroatoms. The van der Waals surface area contributed by atoms with Crippen LogP contribution in [-0.4, -0.2) is 109 Å². The summed E-state index contributed by atoms with van der Waals surface area (Å²) in [5, 5.41) is 34.1. The first-order chi connectivity index (χ1) is 14.8. The van der Waals surface area contributed by atoms with Crippen molar-refractivity contribution in [3.8, 4) is 0 Å². The third-order valence-electron chi connectivity index (χ3n) is 5.59. The van der Waals surface area contributed by atoms with Crippen LogP contribution < -0.4 is 5.23 Å². The predicted octanol–water partition coefficient (Wildman–Crippen LogP) is -0.757. The Kier molecular flexibility index (Phi) is 10.8. The summed E-state index contributed by atoms with van der Waals surface area (Å²) >= 11 is 0. The minimum atomic E-state index is -0.693. The Morgan fingerprint density at radius 3 is 2.23 bits per heavy atom. The fourth-order valence-corrected chi connectivity index (χ4v) is 3.87. The Labute approximate surface area is 185 Å². The van der Waals surface area contributed by atoms with Crippen LogP contribution in [0.2, 0.25) is 13.6 Å². The van der Waals surface area contributed by atoms with E-state index < -0.39 is 19.0 Å². The molecular formula is C18H32B3N5O5. The van der Waals surface area contributed by atoms with Gasteiger partial charge in [-0.25, -0.2) is 0 Å². The van der Waals surface area contributed by atoms with Gasteiger partial charge in [-0.15, -0.1) is 0 Å². The van der Waals surface area contributed by atoms with Crippen molar-refractivity contribution < 1.29 is 19.7 Å². The molecule has 1 unspecified atom stereocenters. The van der Waals surface area contributed by atoms with Crippen LogP contribution >= 0.6 is 0 Å². The van der Waals surface area contributed by atoms with Crippen molar-refractivity contribution in [2.24, 2.45) is 0 Å². The Morgan fingerprint density at radius 2 is 1.68 bits per heavy atom. The number of benzene rings is 1. The molecule has 0 spiro atoms. The van der Waals surface area contributed by atoms with Crippen LogP contribution in [0.25, 0.3) is 0 Å².